The van der Waals surface area contributed by atoms with Crippen LogP contribution in [-0.4, -0.2) is 4.90 Å². The number of para-hydroxylation sites is 3. The van der Waals surface area contributed by atoms with E-state index in [1.807, 2.05) is 117 Å². The fourth-order valence-corrected chi connectivity index (χ4v) is 4.79. The van der Waals surface area contributed by atoms with Crippen molar-refractivity contribution in [1.29, 1.82) is 0 Å². The van der Waals surface area contributed by atoms with Crippen LogP contribution < -0.4 is 15.3 Å². The van der Waals surface area contributed by atoms with Gasteiger partial charge in [0.2, 0.25) is 0 Å². The number of rotatable bonds is 6. The Morgan fingerprint density at radius 3 is 0.919 bits per heavy atom. The molecule has 0 saturated heterocycles. The highest BCUT2D eigenvalue weighted by Gasteiger charge is 2.20. The van der Waals surface area contributed by atoms with E-state index in [2.05, 4.69) is 4.90 Å². The van der Waals surface area contributed by atoms with Crippen LogP contribution in [0.15, 0.2) is 54.6 Å². The lowest BCUT2D eigenvalue weighted by Crippen LogP contribution is -2.26. The maximum atomic E-state index is 13.4. The zero-order chi connectivity index (χ0) is 27.8. The van der Waals surface area contributed by atoms with E-state index in [9.17, 15) is 15.3 Å². The van der Waals surface area contributed by atoms with E-state index in [0.29, 0.717) is 36.3 Å². The maximum Gasteiger partial charge on any atom is 0.0234 e. The standard InChI is InChI=1S/C33H45NO3/c1-31(2,3)25-16-10-13-22(28(25)35)19-34(20-23-14-11-17-26(29(23)36)32(4,5)6)21-24-15-12-18-27(30(24)37)33(7,8)9/h10-18,35-37H,19-21H2,1-9H3/p-3. The van der Waals surface area contributed by atoms with Gasteiger partial charge in [-0.3, -0.25) is 4.90 Å². The molecule has 37 heavy (non-hydrogen) atoms. The van der Waals surface area contributed by atoms with Gasteiger partial charge in [0.25, 0.3) is 0 Å². The van der Waals surface area contributed by atoms with Gasteiger partial charge in [0.15, 0.2) is 0 Å². The molecule has 0 aliphatic heterocycles. The van der Waals surface area contributed by atoms with E-state index >= 15 is 0 Å². The van der Waals surface area contributed by atoms with E-state index in [-0.39, 0.29) is 33.5 Å². The van der Waals surface area contributed by atoms with E-state index in [1.165, 1.54) is 0 Å². The van der Waals surface area contributed by atoms with Crippen molar-refractivity contribution < 1.29 is 15.3 Å². The summed E-state index contributed by atoms with van der Waals surface area (Å²) < 4.78 is 0. The SMILES string of the molecule is CC(C)(C)c1cccc(CN(Cc2cccc(C(C)(C)C)c2[O-])Cc2cccc(C(C)(C)C)c2[O-])c1[O-]. The van der Waals surface area contributed by atoms with Crippen LogP contribution in [0.3, 0.4) is 0 Å². The van der Waals surface area contributed by atoms with Crippen LogP contribution in [0.4, 0.5) is 0 Å². The first-order valence-corrected chi connectivity index (χ1v) is 13.1. The van der Waals surface area contributed by atoms with Gasteiger partial charge in [-0.05, 0) is 32.9 Å². The minimum Gasteiger partial charge on any atom is -0.872 e. The van der Waals surface area contributed by atoms with Crippen molar-refractivity contribution in [3.63, 3.8) is 0 Å². The topological polar surface area (TPSA) is 72.4 Å². The largest absolute Gasteiger partial charge is 0.872 e. The van der Waals surface area contributed by atoms with Crippen molar-refractivity contribution in [2.24, 2.45) is 0 Å². The van der Waals surface area contributed by atoms with Gasteiger partial charge in [0, 0.05) is 19.6 Å². The van der Waals surface area contributed by atoms with E-state index in [1.54, 1.807) is 0 Å². The van der Waals surface area contributed by atoms with Crippen molar-refractivity contribution in [2.45, 2.75) is 98.2 Å². The molecule has 3 aromatic rings. The molecule has 200 valence electrons. The Balaban J connectivity index is 2.06. The highest BCUT2D eigenvalue weighted by molar-refractivity contribution is 5.46. The Morgan fingerprint density at radius 2 is 0.703 bits per heavy atom. The summed E-state index contributed by atoms with van der Waals surface area (Å²) in [6.07, 6.45) is 0. The van der Waals surface area contributed by atoms with Gasteiger partial charge in [-0.2, -0.15) is 0 Å². The van der Waals surface area contributed by atoms with Crippen LogP contribution in [-0.2, 0) is 35.9 Å². The first-order chi connectivity index (χ1) is 17.0. The van der Waals surface area contributed by atoms with Crippen molar-refractivity contribution in [3.8, 4) is 17.2 Å². The molecule has 0 atom stereocenters. The molecule has 0 heterocycles. The first-order valence-electron chi connectivity index (χ1n) is 13.1. The molecule has 0 unspecified atom stereocenters. The molecule has 0 N–H and O–H groups in total. The molecule has 0 aromatic heterocycles. The Morgan fingerprint density at radius 1 is 0.459 bits per heavy atom. The zero-order valence-electron chi connectivity index (χ0n) is 24.0. The Hall–Kier alpha value is -2.98. The van der Waals surface area contributed by atoms with Crippen molar-refractivity contribution in [2.75, 3.05) is 0 Å². The molecular formula is C33H42NO3-3. The van der Waals surface area contributed by atoms with Crippen LogP contribution in [0, 0.1) is 0 Å². The average Bonchev–Trinajstić information content (AvgIpc) is 2.75. The molecule has 0 aliphatic rings. The Bertz CT molecular complexity index is 1080. The van der Waals surface area contributed by atoms with Gasteiger partial charge in [0.1, 0.15) is 0 Å². The lowest BCUT2D eigenvalue weighted by atomic mass is 9.84. The molecule has 0 spiro atoms. The molecule has 4 nitrogen and oxygen atoms in total. The average molecular weight is 501 g/mol. The summed E-state index contributed by atoms with van der Waals surface area (Å²) in [6, 6.07) is 17.0. The highest BCUT2D eigenvalue weighted by Crippen LogP contribution is 2.36. The summed E-state index contributed by atoms with van der Waals surface area (Å²) in [5, 5.41) is 40.2. The lowest BCUT2D eigenvalue weighted by molar-refractivity contribution is -0.271. The predicted octanol–water partition coefficient (Wildman–Crippen LogP) is 6.00. The van der Waals surface area contributed by atoms with Crippen molar-refractivity contribution in [3.05, 3.63) is 88.0 Å². The maximum absolute atomic E-state index is 13.4. The normalized spacial score (nSPS) is 12.8. The van der Waals surface area contributed by atoms with E-state index in [4.69, 9.17) is 0 Å². The van der Waals surface area contributed by atoms with Gasteiger partial charge in [-0.1, -0.05) is 134 Å². The smallest absolute Gasteiger partial charge is 0.0234 e. The number of hydrogen-bond donors (Lipinski definition) is 0. The second-order valence-corrected chi connectivity index (χ2v) is 13.3. The molecule has 4 heteroatoms. The van der Waals surface area contributed by atoms with Crippen molar-refractivity contribution in [1.82, 2.24) is 4.90 Å². The minimum absolute atomic E-state index is 0.0246. The third-order valence-electron chi connectivity index (χ3n) is 6.90. The van der Waals surface area contributed by atoms with Gasteiger partial charge in [-0.25, -0.2) is 0 Å². The molecule has 0 radical (unpaired) electrons. The van der Waals surface area contributed by atoms with Crippen LogP contribution in [0.25, 0.3) is 0 Å². The third kappa shape index (κ3) is 6.67. The van der Waals surface area contributed by atoms with Gasteiger partial charge in [-0.15, -0.1) is 17.2 Å². The summed E-state index contributed by atoms with van der Waals surface area (Å²) >= 11 is 0. The fraction of sp³-hybridized carbons (Fsp3) is 0.455. The predicted molar refractivity (Wildman–Crippen MR) is 147 cm³/mol. The second-order valence-electron chi connectivity index (χ2n) is 13.3. The molecule has 0 fully saturated rings. The monoisotopic (exact) mass is 500 g/mol. The second kappa shape index (κ2) is 10.4. The number of benzene rings is 3. The van der Waals surface area contributed by atoms with Gasteiger partial charge in [0.05, 0.1) is 0 Å². The Labute approximate surface area is 223 Å². The van der Waals surface area contributed by atoms with Crippen molar-refractivity contribution >= 4 is 0 Å². The molecule has 3 aromatic carbocycles. The molecule has 0 bridgehead atoms. The molecule has 0 saturated carbocycles. The molecule has 0 amide bonds. The Kier molecular flexibility index (Phi) is 8.05. The molecule has 0 aliphatic carbocycles. The summed E-state index contributed by atoms with van der Waals surface area (Å²) in [4.78, 5) is 2.05. The molecular weight excluding hydrogens is 458 g/mol. The molecule has 3 rings (SSSR count). The number of nitrogens with zero attached hydrogens (tertiary/aromatic N) is 1. The summed E-state index contributed by atoms with van der Waals surface area (Å²) in [6.45, 7) is 19.4. The van der Waals surface area contributed by atoms with E-state index in [0.717, 1.165) is 16.7 Å². The third-order valence-corrected chi connectivity index (χ3v) is 6.90. The summed E-state index contributed by atoms with van der Waals surface area (Å²) in [5.41, 5.74) is 3.50. The van der Waals surface area contributed by atoms with Gasteiger partial charge < -0.3 is 15.3 Å². The van der Waals surface area contributed by atoms with Crippen LogP contribution in [0.2, 0.25) is 0 Å². The highest BCUT2D eigenvalue weighted by atomic mass is 16.3. The summed E-state index contributed by atoms with van der Waals surface area (Å²) in [7, 11) is 0. The van der Waals surface area contributed by atoms with Crippen LogP contribution in [0.1, 0.15) is 95.7 Å². The fourth-order valence-electron chi connectivity index (χ4n) is 4.79. The van der Waals surface area contributed by atoms with Crippen LogP contribution >= 0.6 is 0 Å². The minimum atomic E-state index is -0.273. The van der Waals surface area contributed by atoms with Crippen LogP contribution in [0.5, 0.6) is 17.2 Å². The zero-order valence-corrected chi connectivity index (χ0v) is 24.0. The van der Waals surface area contributed by atoms with Gasteiger partial charge >= 0.3 is 0 Å². The lowest BCUT2D eigenvalue weighted by Gasteiger charge is -2.34. The quantitative estimate of drug-likeness (QED) is 0.416. The number of hydrogen-bond acceptors (Lipinski definition) is 4. The summed E-state index contributed by atoms with van der Waals surface area (Å²) in [5.74, 6) is 0.0738. The first kappa shape index (κ1) is 28.6. The van der Waals surface area contributed by atoms with E-state index < -0.39 is 0 Å².